The fourth-order valence-corrected chi connectivity index (χ4v) is 3.51. The van der Waals surface area contributed by atoms with E-state index in [1.165, 1.54) is 28.9 Å². The van der Waals surface area contributed by atoms with Crippen molar-refractivity contribution in [3.05, 3.63) is 45.9 Å². The van der Waals surface area contributed by atoms with Crippen LogP contribution in [0.1, 0.15) is 17.5 Å². The van der Waals surface area contributed by atoms with Gasteiger partial charge in [-0.3, -0.25) is 0 Å². The Morgan fingerprint density at radius 3 is 2.95 bits per heavy atom. The molecule has 19 heavy (non-hydrogen) atoms. The highest BCUT2D eigenvalue weighted by molar-refractivity contribution is 9.10. The molecule has 0 N–H and O–H groups in total. The van der Waals surface area contributed by atoms with E-state index in [4.69, 9.17) is 4.74 Å². The van der Waals surface area contributed by atoms with Crippen LogP contribution < -0.4 is 9.64 Å². The van der Waals surface area contributed by atoms with Crippen LogP contribution in [-0.2, 0) is 6.42 Å². The van der Waals surface area contributed by atoms with Crippen LogP contribution in [0, 0.1) is 6.92 Å². The number of rotatable bonds is 0. The zero-order valence-corrected chi connectivity index (χ0v) is 12.3. The fraction of sp³-hybridized carbons (Fsp3) is 0.250. The van der Waals surface area contributed by atoms with Gasteiger partial charge in [0.15, 0.2) is 11.5 Å². The molecule has 2 aliphatic rings. The summed E-state index contributed by atoms with van der Waals surface area (Å²) in [5, 5.41) is 0. The predicted octanol–water partition coefficient (Wildman–Crippen LogP) is 4.95. The number of benzene rings is 2. The largest absolute Gasteiger partial charge is 0.453 e. The van der Waals surface area contributed by atoms with Crippen molar-refractivity contribution in [3.8, 4) is 11.5 Å². The molecule has 0 radical (unpaired) electrons. The van der Waals surface area contributed by atoms with E-state index in [2.05, 4.69) is 58.1 Å². The van der Waals surface area contributed by atoms with Gasteiger partial charge < -0.3 is 9.64 Å². The van der Waals surface area contributed by atoms with Crippen LogP contribution in [0.15, 0.2) is 34.8 Å². The highest BCUT2D eigenvalue weighted by atomic mass is 79.9. The van der Waals surface area contributed by atoms with Crippen molar-refractivity contribution in [3.63, 3.8) is 0 Å². The molecule has 0 amide bonds. The summed E-state index contributed by atoms with van der Waals surface area (Å²) in [6.07, 6.45) is 2.32. The summed E-state index contributed by atoms with van der Waals surface area (Å²) >= 11 is 3.58. The van der Waals surface area contributed by atoms with E-state index in [0.29, 0.717) is 0 Å². The maximum atomic E-state index is 6.09. The van der Waals surface area contributed by atoms with E-state index in [0.717, 1.165) is 28.9 Å². The fourth-order valence-electron chi connectivity index (χ4n) is 3.03. The van der Waals surface area contributed by atoms with Crippen LogP contribution in [0.2, 0.25) is 0 Å². The van der Waals surface area contributed by atoms with Crippen molar-refractivity contribution in [1.82, 2.24) is 0 Å². The monoisotopic (exact) mass is 315 g/mol. The van der Waals surface area contributed by atoms with Crippen molar-refractivity contribution in [1.29, 1.82) is 0 Å². The lowest BCUT2D eigenvalue weighted by Crippen LogP contribution is -2.27. The first-order valence-corrected chi connectivity index (χ1v) is 7.40. The molecular formula is C16H14BrNO. The molecule has 2 aromatic rings. The van der Waals surface area contributed by atoms with Crippen molar-refractivity contribution in [2.45, 2.75) is 19.8 Å². The van der Waals surface area contributed by atoms with E-state index in [9.17, 15) is 0 Å². The number of nitrogens with zero attached hydrogens (tertiary/aromatic N) is 1. The van der Waals surface area contributed by atoms with Gasteiger partial charge in [-0.2, -0.15) is 0 Å². The minimum absolute atomic E-state index is 0.962. The lowest BCUT2D eigenvalue weighted by Gasteiger charge is -2.37. The molecule has 96 valence electrons. The lowest BCUT2D eigenvalue weighted by atomic mass is 9.98. The summed E-state index contributed by atoms with van der Waals surface area (Å²) in [4.78, 5) is 2.41. The predicted molar refractivity (Wildman–Crippen MR) is 80.7 cm³/mol. The third-order valence-electron chi connectivity index (χ3n) is 3.84. The van der Waals surface area contributed by atoms with Gasteiger partial charge in [-0.1, -0.05) is 22.0 Å². The van der Waals surface area contributed by atoms with Gasteiger partial charge in [0.05, 0.1) is 11.4 Å². The molecule has 0 fully saturated rings. The van der Waals surface area contributed by atoms with Gasteiger partial charge in [-0.05, 0) is 55.2 Å². The molecule has 2 aliphatic heterocycles. The number of anilines is 2. The van der Waals surface area contributed by atoms with Crippen molar-refractivity contribution >= 4 is 27.3 Å². The highest BCUT2D eigenvalue weighted by Gasteiger charge is 2.29. The zero-order chi connectivity index (χ0) is 13.0. The van der Waals surface area contributed by atoms with Crippen molar-refractivity contribution < 1.29 is 4.74 Å². The molecule has 0 spiro atoms. The summed E-state index contributed by atoms with van der Waals surface area (Å²) in [5.74, 6) is 1.93. The number of ether oxygens (including phenoxy) is 1. The van der Waals surface area contributed by atoms with E-state index < -0.39 is 0 Å². The molecule has 2 heterocycles. The van der Waals surface area contributed by atoms with E-state index in [1.54, 1.807) is 0 Å². The van der Waals surface area contributed by atoms with Crippen LogP contribution in [0.4, 0.5) is 11.4 Å². The minimum atomic E-state index is 0.962. The van der Waals surface area contributed by atoms with E-state index >= 15 is 0 Å². The van der Waals surface area contributed by atoms with Gasteiger partial charge in [0.2, 0.25) is 0 Å². The normalized spacial score (nSPS) is 15.6. The third kappa shape index (κ3) is 1.68. The summed E-state index contributed by atoms with van der Waals surface area (Å²) in [6, 6.07) is 10.7. The molecule has 0 saturated carbocycles. The number of hydrogen-bond donors (Lipinski definition) is 0. The summed E-state index contributed by atoms with van der Waals surface area (Å²) in [5.41, 5.74) is 5.11. The number of hydrogen-bond acceptors (Lipinski definition) is 2. The SMILES string of the molecule is Cc1ccc2c(c1)N1CCCc3cc(Br)cc(c31)O2. The van der Waals surface area contributed by atoms with Gasteiger partial charge in [0.1, 0.15) is 0 Å². The first-order chi connectivity index (χ1) is 9.22. The molecule has 2 aromatic carbocycles. The van der Waals surface area contributed by atoms with Gasteiger partial charge in [-0.25, -0.2) is 0 Å². The molecule has 0 atom stereocenters. The molecule has 0 saturated heterocycles. The summed E-state index contributed by atoms with van der Waals surface area (Å²) in [7, 11) is 0. The van der Waals surface area contributed by atoms with Gasteiger partial charge in [0, 0.05) is 11.0 Å². The third-order valence-corrected chi connectivity index (χ3v) is 4.30. The van der Waals surface area contributed by atoms with E-state index in [1.807, 2.05) is 0 Å². The van der Waals surface area contributed by atoms with Crippen LogP contribution in [0.5, 0.6) is 11.5 Å². The molecule has 0 bridgehead atoms. The molecular weight excluding hydrogens is 302 g/mol. The maximum absolute atomic E-state index is 6.09. The Kier molecular flexibility index (Phi) is 2.39. The first kappa shape index (κ1) is 11.4. The van der Waals surface area contributed by atoms with E-state index in [-0.39, 0.29) is 0 Å². The maximum Gasteiger partial charge on any atom is 0.152 e. The Morgan fingerprint density at radius 2 is 2.05 bits per heavy atom. The second-order valence-electron chi connectivity index (χ2n) is 5.24. The van der Waals surface area contributed by atoms with Crippen LogP contribution in [-0.4, -0.2) is 6.54 Å². The Bertz CT molecular complexity index is 681. The first-order valence-electron chi connectivity index (χ1n) is 6.61. The Balaban J connectivity index is 1.98. The van der Waals surface area contributed by atoms with Gasteiger partial charge in [-0.15, -0.1) is 0 Å². The molecule has 3 heteroatoms. The number of fused-ring (bicyclic) bond motifs is 2. The molecule has 4 rings (SSSR count). The molecule has 0 unspecified atom stereocenters. The van der Waals surface area contributed by atoms with Gasteiger partial charge in [0.25, 0.3) is 0 Å². The topological polar surface area (TPSA) is 12.5 Å². The van der Waals surface area contributed by atoms with Gasteiger partial charge >= 0.3 is 0 Å². The number of halogens is 1. The summed E-state index contributed by atoms with van der Waals surface area (Å²) < 4.78 is 7.18. The van der Waals surface area contributed by atoms with Crippen molar-refractivity contribution in [2.24, 2.45) is 0 Å². The Hall–Kier alpha value is -1.48. The highest BCUT2D eigenvalue weighted by Crippen LogP contribution is 2.51. The molecule has 0 aromatic heterocycles. The smallest absolute Gasteiger partial charge is 0.152 e. The second kappa shape index (κ2) is 4.01. The second-order valence-corrected chi connectivity index (χ2v) is 6.16. The lowest BCUT2D eigenvalue weighted by molar-refractivity contribution is 0.468. The number of aryl methyl sites for hydroxylation is 2. The minimum Gasteiger partial charge on any atom is -0.453 e. The quantitative estimate of drug-likeness (QED) is 0.682. The van der Waals surface area contributed by atoms with Crippen LogP contribution in [0.3, 0.4) is 0 Å². The summed E-state index contributed by atoms with van der Waals surface area (Å²) in [6.45, 7) is 3.20. The standard InChI is InChI=1S/C16H14BrNO/c1-10-4-5-14-13(7-10)18-6-2-3-11-8-12(17)9-15(19-14)16(11)18/h4-5,7-9H,2-3,6H2,1H3. The van der Waals surface area contributed by atoms with Crippen LogP contribution >= 0.6 is 15.9 Å². The molecule has 2 nitrogen and oxygen atoms in total. The Morgan fingerprint density at radius 1 is 1.16 bits per heavy atom. The average Bonchev–Trinajstić information content (AvgIpc) is 2.39. The Labute approximate surface area is 121 Å². The van der Waals surface area contributed by atoms with Crippen LogP contribution in [0.25, 0.3) is 0 Å². The molecule has 0 aliphatic carbocycles. The van der Waals surface area contributed by atoms with Crippen molar-refractivity contribution in [2.75, 3.05) is 11.4 Å². The average molecular weight is 316 g/mol. The zero-order valence-electron chi connectivity index (χ0n) is 10.7.